The van der Waals surface area contributed by atoms with Gasteiger partial charge in [-0.2, -0.15) is 0 Å². The van der Waals surface area contributed by atoms with Gasteiger partial charge in [0.25, 0.3) is 5.91 Å². The maximum absolute atomic E-state index is 12.8. The summed E-state index contributed by atoms with van der Waals surface area (Å²) in [5, 5.41) is 2.53. The summed E-state index contributed by atoms with van der Waals surface area (Å²) in [6.07, 6.45) is 0. The minimum atomic E-state index is -0.363. The molecule has 3 N–H and O–H groups in total. The molecule has 0 spiro atoms. The van der Waals surface area contributed by atoms with Gasteiger partial charge in [-0.25, -0.2) is 4.39 Å². The number of thiocarbonyl (C=S) groups is 1. The second-order valence-corrected chi connectivity index (χ2v) is 3.63. The molecule has 0 aliphatic rings. The molecule has 1 amide bonds. The first kappa shape index (κ1) is 11.6. The highest BCUT2D eigenvalue weighted by Gasteiger charge is 2.08. The molecule has 0 unspecified atom stereocenters. The summed E-state index contributed by atoms with van der Waals surface area (Å²) in [4.78, 5) is 11.7. The molecule has 1 aromatic carbocycles. The number of benzene rings is 1. The Bertz CT molecular complexity index is 406. The number of hydrogen-bond donors (Lipinski definition) is 2. The Balaban J connectivity index is 2.78. The first-order chi connectivity index (χ1) is 7.00. The van der Waals surface area contributed by atoms with Gasteiger partial charge in [0.05, 0.1) is 11.5 Å². The number of halogens is 1. The van der Waals surface area contributed by atoms with E-state index in [-0.39, 0.29) is 23.3 Å². The lowest BCUT2D eigenvalue weighted by Gasteiger charge is -2.06. The maximum Gasteiger partial charge on any atom is 0.251 e. The molecule has 0 saturated heterocycles. The summed E-state index contributed by atoms with van der Waals surface area (Å²) in [6, 6.07) is 3.97. The van der Waals surface area contributed by atoms with E-state index in [0.717, 1.165) is 0 Å². The zero-order chi connectivity index (χ0) is 11.4. The van der Waals surface area contributed by atoms with Gasteiger partial charge >= 0.3 is 0 Å². The Kier molecular flexibility index (Phi) is 3.74. The van der Waals surface area contributed by atoms with Crippen LogP contribution in [0.15, 0.2) is 18.2 Å². The van der Waals surface area contributed by atoms with E-state index in [1.807, 2.05) is 0 Å². The van der Waals surface area contributed by atoms with Crippen LogP contribution in [0.25, 0.3) is 0 Å². The zero-order valence-electron chi connectivity index (χ0n) is 8.21. The summed E-state index contributed by atoms with van der Waals surface area (Å²) < 4.78 is 12.8. The largest absolute Gasteiger partial charge is 0.392 e. The van der Waals surface area contributed by atoms with Crippen molar-refractivity contribution in [1.82, 2.24) is 5.32 Å². The van der Waals surface area contributed by atoms with Gasteiger partial charge in [0.2, 0.25) is 0 Å². The standard InChI is InChI=1S/C10H11FN2OS/c1-6-4-7(11)2-3-8(6)10(14)13-5-9(12)15/h2-4H,5H2,1H3,(H2,12,15)(H,13,14). The summed E-state index contributed by atoms with van der Waals surface area (Å²) in [7, 11) is 0. The summed E-state index contributed by atoms with van der Waals surface area (Å²) in [6.45, 7) is 1.81. The molecule has 0 aliphatic carbocycles. The second kappa shape index (κ2) is 4.84. The van der Waals surface area contributed by atoms with Crippen molar-refractivity contribution in [2.24, 2.45) is 5.73 Å². The second-order valence-electron chi connectivity index (χ2n) is 3.11. The smallest absolute Gasteiger partial charge is 0.251 e. The molecule has 3 nitrogen and oxygen atoms in total. The predicted octanol–water partition coefficient (Wildman–Crippen LogP) is 1.15. The van der Waals surface area contributed by atoms with Crippen LogP contribution in [0.3, 0.4) is 0 Å². The molecular weight excluding hydrogens is 215 g/mol. The topological polar surface area (TPSA) is 55.1 Å². The van der Waals surface area contributed by atoms with Crippen molar-refractivity contribution < 1.29 is 9.18 Å². The first-order valence-electron chi connectivity index (χ1n) is 4.33. The Labute approximate surface area is 92.5 Å². The SMILES string of the molecule is Cc1cc(F)ccc1C(=O)NCC(N)=S. The van der Waals surface area contributed by atoms with E-state index in [4.69, 9.17) is 5.73 Å². The third-order valence-electron chi connectivity index (χ3n) is 1.86. The fourth-order valence-corrected chi connectivity index (χ4v) is 1.22. The minimum Gasteiger partial charge on any atom is -0.392 e. The highest BCUT2D eigenvalue weighted by molar-refractivity contribution is 7.80. The number of aryl methyl sites for hydroxylation is 1. The highest BCUT2D eigenvalue weighted by Crippen LogP contribution is 2.09. The molecule has 0 bridgehead atoms. The molecule has 1 rings (SSSR count). The van der Waals surface area contributed by atoms with Crippen LogP contribution >= 0.6 is 12.2 Å². The van der Waals surface area contributed by atoms with Crippen LogP contribution in [0.1, 0.15) is 15.9 Å². The summed E-state index contributed by atoms with van der Waals surface area (Å²) in [5.41, 5.74) is 6.24. The fraction of sp³-hybridized carbons (Fsp3) is 0.200. The number of hydrogen-bond acceptors (Lipinski definition) is 2. The molecule has 0 saturated carbocycles. The number of amides is 1. The van der Waals surface area contributed by atoms with Crippen LogP contribution in [0.2, 0.25) is 0 Å². The number of nitrogens with one attached hydrogen (secondary N) is 1. The van der Waals surface area contributed by atoms with E-state index in [0.29, 0.717) is 11.1 Å². The molecule has 15 heavy (non-hydrogen) atoms. The van der Waals surface area contributed by atoms with Crippen molar-refractivity contribution in [2.75, 3.05) is 6.54 Å². The highest BCUT2D eigenvalue weighted by atomic mass is 32.1. The van der Waals surface area contributed by atoms with Crippen molar-refractivity contribution in [1.29, 1.82) is 0 Å². The molecule has 0 radical (unpaired) electrons. The van der Waals surface area contributed by atoms with Gasteiger partial charge in [0.15, 0.2) is 0 Å². The van der Waals surface area contributed by atoms with Crippen LogP contribution in [-0.2, 0) is 0 Å². The van der Waals surface area contributed by atoms with Gasteiger partial charge in [-0.05, 0) is 30.7 Å². The molecule has 0 atom stereocenters. The number of carbonyl (C=O) groups excluding carboxylic acids is 1. The van der Waals surface area contributed by atoms with E-state index in [1.54, 1.807) is 6.92 Å². The molecule has 0 fully saturated rings. The normalized spacial score (nSPS) is 9.73. The Morgan fingerprint density at radius 2 is 2.27 bits per heavy atom. The van der Waals surface area contributed by atoms with E-state index >= 15 is 0 Å². The Morgan fingerprint density at radius 3 is 2.80 bits per heavy atom. The maximum atomic E-state index is 12.8. The fourth-order valence-electron chi connectivity index (χ4n) is 1.14. The van der Waals surface area contributed by atoms with Crippen LogP contribution in [0, 0.1) is 12.7 Å². The van der Waals surface area contributed by atoms with Gasteiger partial charge in [-0.15, -0.1) is 0 Å². The van der Waals surface area contributed by atoms with Gasteiger partial charge in [0.1, 0.15) is 5.82 Å². The number of rotatable bonds is 3. The minimum absolute atomic E-state index is 0.144. The molecule has 0 aliphatic heterocycles. The van der Waals surface area contributed by atoms with Crippen molar-refractivity contribution in [3.63, 3.8) is 0 Å². The van der Waals surface area contributed by atoms with E-state index in [1.165, 1.54) is 18.2 Å². The van der Waals surface area contributed by atoms with E-state index in [9.17, 15) is 9.18 Å². The Hall–Kier alpha value is -1.49. The predicted molar refractivity (Wildman–Crippen MR) is 60.3 cm³/mol. The van der Waals surface area contributed by atoms with Crippen molar-refractivity contribution in [3.8, 4) is 0 Å². The van der Waals surface area contributed by atoms with Crippen LogP contribution < -0.4 is 11.1 Å². The van der Waals surface area contributed by atoms with Gasteiger partial charge in [-0.1, -0.05) is 12.2 Å². The lowest BCUT2D eigenvalue weighted by molar-refractivity contribution is 0.0959. The molecular formula is C10H11FN2OS. The van der Waals surface area contributed by atoms with Crippen LogP contribution in [0.4, 0.5) is 4.39 Å². The molecule has 0 aromatic heterocycles. The average Bonchev–Trinajstić information content (AvgIpc) is 2.14. The summed E-state index contributed by atoms with van der Waals surface area (Å²) in [5.74, 6) is -0.668. The van der Waals surface area contributed by atoms with E-state index in [2.05, 4.69) is 17.5 Å². The van der Waals surface area contributed by atoms with E-state index < -0.39 is 0 Å². The van der Waals surface area contributed by atoms with Gasteiger partial charge < -0.3 is 11.1 Å². The number of carbonyl (C=O) groups is 1. The number of nitrogens with two attached hydrogens (primary N) is 1. The molecule has 1 aromatic rings. The lowest BCUT2D eigenvalue weighted by Crippen LogP contribution is -2.32. The monoisotopic (exact) mass is 226 g/mol. The molecule has 0 heterocycles. The van der Waals surface area contributed by atoms with Crippen molar-refractivity contribution >= 4 is 23.1 Å². The van der Waals surface area contributed by atoms with Crippen molar-refractivity contribution in [3.05, 3.63) is 35.1 Å². The summed E-state index contributed by atoms with van der Waals surface area (Å²) >= 11 is 4.62. The third kappa shape index (κ3) is 3.28. The quantitative estimate of drug-likeness (QED) is 0.760. The third-order valence-corrected chi connectivity index (χ3v) is 2.00. The van der Waals surface area contributed by atoms with Crippen molar-refractivity contribution in [2.45, 2.75) is 6.92 Å². The van der Waals surface area contributed by atoms with Gasteiger partial charge in [0, 0.05) is 5.56 Å². The Morgan fingerprint density at radius 1 is 1.60 bits per heavy atom. The first-order valence-corrected chi connectivity index (χ1v) is 4.74. The van der Waals surface area contributed by atoms with Crippen LogP contribution in [0.5, 0.6) is 0 Å². The average molecular weight is 226 g/mol. The van der Waals surface area contributed by atoms with Crippen LogP contribution in [-0.4, -0.2) is 17.4 Å². The lowest BCUT2D eigenvalue weighted by atomic mass is 10.1. The molecule has 80 valence electrons. The van der Waals surface area contributed by atoms with Gasteiger partial charge in [-0.3, -0.25) is 4.79 Å². The molecule has 5 heteroatoms. The zero-order valence-corrected chi connectivity index (χ0v) is 9.03.